The molecule has 0 amide bonds. The Morgan fingerprint density at radius 1 is 1.47 bits per heavy atom. The average molecular weight is 212 g/mol. The van der Waals surface area contributed by atoms with Crippen molar-refractivity contribution in [2.24, 2.45) is 5.92 Å². The minimum atomic E-state index is 0.400. The van der Waals surface area contributed by atoms with Gasteiger partial charge in [0.15, 0.2) is 0 Å². The molecule has 3 nitrogen and oxygen atoms in total. The van der Waals surface area contributed by atoms with Gasteiger partial charge >= 0.3 is 0 Å². The van der Waals surface area contributed by atoms with Gasteiger partial charge < -0.3 is 10.1 Å². The van der Waals surface area contributed by atoms with Crippen LogP contribution in [0.1, 0.15) is 26.2 Å². The van der Waals surface area contributed by atoms with E-state index >= 15 is 0 Å². The summed E-state index contributed by atoms with van der Waals surface area (Å²) in [5.74, 6) is 0.989. The molecule has 0 aromatic rings. The van der Waals surface area contributed by atoms with E-state index < -0.39 is 0 Å². The fraction of sp³-hybridized carbons (Fsp3) is 1.00. The Morgan fingerprint density at radius 3 is 2.87 bits per heavy atom. The second kappa shape index (κ2) is 5.28. The van der Waals surface area contributed by atoms with Crippen LogP contribution in [-0.2, 0) is 4.74 Å². The Kier molecular flexibility index (Phi) is 4.00. The first-order chi connectivity index (χ1) is 7.35. The maximum atomic E-state index is 5.74. The summed E-state index contributed by atoms with van der Waals surface area (Å²) < 4.78 is 5.74. The van der Waals surface area contributed by atoms with Gasteiger partial charge in [-0.2, -0.15) is 0 Å². The molecule has 0 aromatic heterocycles. The van der Waals surface area contributed by atoms with Gasteiger partial charge in [0, 0.05) is 25.7 Å². The highest BCUT2D eigenvalue weighted by Crippen LogP contribution is 2.37. The van der Waals surface area contributed by atoms with Crippen molar-refractivity contribution in [2.45, 2.75) is 38.3 Å². The number of likely N-dealkylation sites (N-methyl/N-ethyl adjacent to an activating group) is 1. The van der Waals surface area contributed by atoms with Crippen LogP contribution < -0.4 is 5.32 Å². The summed E-state index contributed by atoms with van der Waals surface area (Å²) in [6.07, 6.45) is 4.60. The summed E-state index contributed by atoms with van der Waals surface area (Å²) in [6, 6.07) is 0.827. The molecule has 1 heterocycles. The lowest BCUT2D eigenvalue weighted by Gasteiger charge is -2.38. The van der Waals surface area contributed by atoms with Crippen molar-refractivity contribution in [1.82, 2.24) is 10.2 Å². The lowest BCUT2D eigenvalue weighted by Crippen LogP contribution is -2.50. The predicted molar refractivity (Wildman–Crippen MR) is 62.0 cm³/mol. The van der Waals surface area contributed by atoms with Crippen LogP contribution in [0.5, 0.6) is 0 Å². The predicted octanol–water partition coefficient (Wildman–Crippen LogP) is 1.10. The molecule has 2 unspecified atom stereocenters. The van der Waals surface area contributed by atoms with Crippen LogP contribution in [0.3, 0.4) is 0 Å². The summed E-state index contributed by atoms with van der Waals surface area (Å²) in [5, 5.41) is 3.21. The van der Waals surface area contributed by atoms with E-state index in [9.17, 15) is 0 Å². The van der Waals surface area contributed by atoms with E-state index in [1.54, 1.807) is 0 Å². The molecule has 1 aliphatic heterocycles. The summed E-state index contributed by atoms with van der Waals surface area (Å²) in [6.45, 7) is 6.48. The summed E-state index contributed by atoms with van der Waals surface area (Å²) >= 11 is 0. The summed E-state index contributed by atoms with van der Waals surface area (Å²) in [5.41, 5.74) is 0. The molecule has 1 aliphatic carbocycles. The molecule has 0 bridgehead atoms. The Morgan fingerprint density at radius 2 is 2.27 bits per heavy atom. The molecule has 2 fully saturated rings. The van der Waals surface area contributed by atoms with Crippen LogP contribution in [-0.4, -0.2) is 50.3 Å². The van der Waals surface area contributed by atoms with E-state index in [1.165, 1.54) is 19.3 Å². The largest absolute Gasteiger partial charge is 0.374 e. The van der Waals surface area contributed by atoms with Crippen molar-refractivity contribution in [2.75, 3.05) is 33.3 Å². The Balaban J connectivity index is 1.84. The van der Waals surface area contributed by atoms with Crippen molar-refractivity contribution in [3.8, 4) is 0 Å². The number of hydrogen-bond donors (Lipinski definition) is 1. The number of nitrogens with zero attached hydrogens (tertiary/aromatic N) is 1. The normalized spacial score (nSPS) is 30.4. The maximum Gasteiger partial charge on any atom is 0.0826 e. The van der Waals surface area contributed by atoms with Crippen molar-refractivity contribution < 1.29 is 4.74 Å². The van der Waals surface area contributed by atoms with Crippen LogP contribution in [0.2, 0.25) is 0 Å². The lowest BCUT2D eigenvalue weighted by molar-refractivity contribution is -0.0449. The highest BCUT2D eigenvalue weighted by molar-refractivity contribution is 4.89. The molecule has 3 heteroatoms. The second-order valence-corrected chi connectivity index (χ2v) is 4.86. The third-order valence-corrected chi connectivity index (χ3v) is 3.66. The quantitative estimate of drug-likeness (QED) is 0.738. The minimum absolute atomic E-state index is 0.400. The second-order valence-electron chi connectivity index (χ2n) is 4.86. The summed E-state index contributed by atoms with van der Waals surface area (Å²) in [7, 11) is 2.00. The van der Waals surface area contributed by atoms with Crippen molar-refractivity contribution in [1.29, 1.82) is 0 Å². The number of hydrogen-bond acceptors (Lipinski definition) is 3. The number of ether oxygens (including phenoxy) is 1. The van der Waals surface area contributed by atoms with E-state index in [1.807, 2.05) is 7.05 Å². The Labute approximate surface area is 93.2 Å². The van der Waals surface area contributed by atoms with Crippen molar-refractivity contribution in [3.05, 3.63) is 0 Å². The van der Waals surface area contributed by atoms with Crippen LogP contribution >= 0.6 is 0 Å². The first-order valence-corrected chi connectivity index (χ1v) is 6.35. The molecule has 0 aromatic carbocycles. The third kappa shape index (κ3) is 2.92. The lowest BCUT2D eigenvalue weighted by atomic mass is 10.1. The van der Waals surface area contributed by atoms with Gasteiger partial charge in [0.2, 0.25) is 0 Å². The van der Waals surface area contributed by atoms with E-state index in [-0.39, 0.29) is 0 Å². The SMILES string of the molecule is CCC(C1CC1)N1CCOC(CNC)C1. The Hall–Kier alpha value is -0.120. The molecular formula is C12H24N2O. The van der Waals surface area contributed by atoms with Gasteiger partial charge in [-0.05, 0) is 32.2 Å². The number of nitrogens with one attached hydrogen (secondary N) is 1. The molecule has 2 rings (SSSR count). The van der Waals surface area contributed by atoms with Gasteiger partial charge in [0.25, 0.3) is 0 Å². The third-order valence-electron chi connectivity index (χ3n) is 3.66. The number of rotatable bonds is 5. The standard InChI is InChI=1S/C12H24N2O/c1-3-12(10-4-5-10)14-6-7-15-11(9-14)8-13-2/h10-13H,3-9H2,1-2H3. The molecule has 2 atom stereocenters. The minimum Gasteiger partial charge on any atom is -0.374 e. The summed E-state index contributed by atoms with van der Waals surface area (Å²) in [4.78, 5) is 2.66. The zero-order valence-electron chi connectivity index (χ0n) is 10.0. The molecular weight excluding hydrogens is 188 g/mol. The van der Waals surface area contributed by atoms with Gasteiger partial charge in [-0.25, -0.2) is 0 Å². The average Bonchev–Trinajstić information content (AvgIpc) is 3.04. The van der Waals surface area contributed by atoms with Crippen molar-refractivity contribution >= 4 is 0 Å². The maximum absolute atomic E-state index is 5.74. The Bertz CT molecular complexity index is 192. The molecule has 1 saturated carbocycles. The highest BCUT2D eigenvalue weighted by Gasteiger charge is 2.35. The van der Waals surface area contributed by atoms with Gasteiger partial charge in [-0.1, -0.05) is 6.92 Å². The molecule has 0 spiro atoms. The zero-order chi connectivity index (χ0) is 10.7. The van der Waals surface area contributed by atoms with Gasteiger partial charge in [-0.15, -0.1) is 0 Å². The molecule has 1 saturated heterocycles. The monoisotopic (exact) mass is 212 g/mol. The molecule has 0 radical (unpaired) electrons. The fourth-order valence-electron chi connectivity index (χ4n) is 2.77. The fourth-order valence-corrected chi connectivity index (χ4v) is 2.77. The first kappa shape index (κ1) is 11.4. The smallest absolute Gasteiger partial charge is 0.0826 e. The highest BCUT2D eigenvalue weighted by atomic mass is 16.5. The zero-order valence-corrected chi connectivity index (χ0v) is 10.0. The van der Waals surface area contributed by atoms with E-state index in [2.05, 4.69) is 17.1 Å². The van der Waals surface area contributed by atoms with Crippen LogP contribution in [0.4, 0.5) is 0 Å². The van der Waals surface area contributed by atoms with E-state index in [0.717, 1.165) is 38.2 Å². The van der Waals surface area contributed by atoms with Crippen LogP contribution in [0.25, 0.3) is 0 Å². The number of morpholine rings is 1. The molecule has 1 N–H and O–H groups in total. The van der Waals surface area contributed by atoms with Gasteiger partial charge in [0.1, 0.15) is 0 Å². The van der Waals surface area contributed by atoms with Gasteiger partial charge in [-0.3, -0.25) is 4.90 Å². The topological polar surface area (TPSA) is 24.5 Å². The first-order valence-electron chi connectivity index (χ1n) is 6.35. The van der Waals surface area contributed by atoms with E-state index in [0.29, 0.717) is 6.10 Å². The molecule has 2 aliphatic rings. The van der Waals surface area contributed by atoms with Crippen LogP contribution in [0, 0.1) is 5.92 Å². The molecule has 88 valence electrons. The molecule has 15 heavy (non-hydrogen) atoms. The van der Waals surface area contributed by atoms with E-state index in [4.69, 9.17) is 4.74 Å². The van der Waals surface area contributed by atoms with Gasteiger partial charge in [0.05, 0.1) is 12.7 Å². The van der Waals surface area contributed by atoms with Crippen molar-refractivity contribution in [3.63, 3.8) is 0 Å². The van der Waals surface area contributed by atoms with Crippen LogP contribution in [0.15, 0.2) is 0 Å².